The van der Waals surface area contributed by atoms with Gasteiger partial charge in [0, 0.05) is 25.9 Å². The zero-order valence-corrected chi connectivity index (χ0v) is 17.1. The van der Waals surface area contributed by atoms with E-state index in [4.69, 9.17) is 27.5 Å². The third-order valence-corrected chi connectivity index (χ3v) is 5.93. The second-order valence-corrected chi connectivity index (χ2v) is 8.36. The molecule has 24 heavy (non-hydrogen) atoms. The molecule has 0 radical (unpaired) electrons. The normalized spacial score (nSPS) is 12.0. The van der Waals surface area contributed by atoms with E-state index in [1.165, 1.54) is 0 Å². The van der Waals surface area contributed by atoms with E-state index in [-0.39, 0.29) is 0 Å². The first-order chi connectivity index (χ1) is 11.7. The van der Waals surface area contributed by atoms with Crippen molar-refractivity contribution in [3.05, 3.63) is 0 Å². The van der Waals surface area contributed by atoms with Crippen LogP contribution in [0, 0.1) is 0 Å². The summed E-state index contributed by atoms with van der Waals surface area (Å²) in [6.07, 6.45) is 3.02. The molecule has 0 aliphatic rings. The molecule has 0 atom stereocenters. The summed E-state index contributed by atoms with van der Waals surface area (Å²) in [5, 5.41) is 0. The highest BCUT2D eigenvalue weighted by Gasteiger charge is 2.39. The van der Waals surface area contributed by atoms with Crippen molar-refractivity contribution in [1.82, 2.24) is 0 Å². The molecule has 0 aliphatic carbocycles. The molecule has 0 aromatic carbocycles. The van der Waals surface area contributed by atoms with Crippen molar-refractivity contribution in [2.24, 2.45) is 0 Å². The highest BCUT2D eigenvalue weighted by molar-refractivity contribution is 6.60. The van der Waals surface area contributed by atoms with Gasteiger partial charge in [0.1, 0.15) is 0 Å². The summed E-state index contributed by atoms with van der Waals surface area (Å²) in [6, 6.07) is 0.725. The molecule has 0 rings (SSSR count). The molecule has 0 saturated carbocycles. The van der Waals surface area contributed by atoms with E-state index in [9.17, 15) is 0 Å². The van der Waals surface area contributed by atoms with Crippen LogP contribution in [0.25, 0.3) is 0 Å². The van der Waals surface area contributed by atoms with Gasteiger partial charge in [0.2, 0.25) is 0 Å². The Bertz CT molecular complexity index is 219. The number of hydrogen-bond donors (Lipinski definition) is 0. The Morgan fingerprint density at radius 2 is 0.792 bits per heavy atom. The number of rotatable bonds is 19. The van der Waals surface area contributed by atoms with Gasteiger partial charge in [-0.05, 0) is 19.3 Å². The monoisotopic (exact) mass is 366 g/mol. The molecule has 6 nitrogen and oxygen atoms in total. The largest absolute Gasteiger partial charge is 0.500 e. The van der Waals surface area contributed by atoms with Crippen LogP contribution in [0.1, 0.15) is 47.0 Å². The first-order valence-corrected chi connectivity index (χ1v) is 11.3. The van der Waals surface area contributed by atoms with Gasteiger partial charge in [0.15, 0.2) is 0 Å². The molecule has 0 aromatic heterocycles. The summed E-state index contributed by atoms with van der Waals surface area (Å²) >= 11 is 0. The second kappa shape index (κ2) is 17.8. The molecule has 0 saturated heterocycles. The number of ether oxygens (including phenoxy) is 3. The lowest BCUT2D eigenvalue weighted by Crippen LogP contribution is -2.47. The van der Waals surface area contributed by atoms with Crippen molar-refractivity contribution in [2.45, 2.75) is 53.0 Å². The molecular weight excluding hydrogens is 328 g/mol. The van der Waals surface area contributed by atoms with Crippen LogP contribution >= 0.6 is 0 Å². The predicted octanol–water partition coefficient (Wildman–Crippen LogP) is 3.27. The van der Waals surface area contributed by atoms with Crippen LogP contribution in [0.5, 0.6) is 0 Å². The Morgan fingerprint density at radius 3 is 1.04 bits per heavy atom. The molecular formula is C17H38O6Si. The lowest BCUT2D eigenvalue weighted by molar-refractivity contribution is 0.00131. The zero-order chi connectivity index (χ0) is 17.9. The van der Waals surface area contributed by atoms with E-state index in [1.54, 1.807) is 0 Å². The summed E-state index contributed by atoms with van der Waals surface area (Å²) in [7, 11) is -2.69. The maximum Gasteiger partial charge on any atom is 0.500 e. The van der Waals surface area contributed by atoms with E-state index < -0.39 is 8.80 Å². The van der Waals surface area contributed by atoms with Gasteiger partial charge in [-0.15, -0.1) is 0 Å². The van der Waals surface area contributed by atoms with Crippen molar-refractivity contribution in [2.75, 3.05) is 59.5 Å². The zero-order valence-electron chi connectivity index (χ0n) is 16.1. The molecule has 0 amide bonds. The summed E-state index contributed by atoms with van der Waals surface area (Å²) in [4.78, 5) is 0. The van der Waals surface area contributed by atoms with Crippen LogP contribution in [0.3, 0.4) is 0 Å². The summed E-state index contributed by atoms with van der Waals surface area (Å²) < 4.78 is 34.4. The van der Waals surface area contributed by atoms with Crippen molar-refractivity contribution in [1.29, 1.82) is 0 Å². The lowest BCUT2D eigenvalue weighted by atomic mass is 10.5. The van der Waals surface area contributed by atoms with Crippen molar-refractivity contribution in [3.8, 4) is 0 Å². The smallest absolute Gasteiger partial charge is 0.379 e. The fourth-order valence-corrected chi connectivity index (χ4v) is 3.98. The maximum absolute atomic E-state index is 6.00. The summed E-state index contributed by atoms with van der Waals surface area (Å²) in [6.45, 7) is 13.7. The molecule has 0 bridgehead atoms. The standard InChI is InChI=1S/C17H38O6Si/c1-5-9-18-12-15-21-24(8-4,22-16-13-19-10-6-2)23-17-14-20-11-7-3/h5-17H2,1-4H3. The van der Waals surface area contributed by atoms with Crippen molar-refractivity contribution < 1.29 is 27.5 Å². The van der Waals surface area contributed by atoms with Gasteiger partial charge in [-0.2, -0.15) is 0 Å². The van der Waals surface area contributed by atoms with Crippen LogP contribution in [-0.2, 0) is 27.5 Å². The Labute approximate surface area is 149 Å². The van der Waals surface area contributed by atoms with Crippen molar-refractivity contribution >= 4 is 8.80 Å². The highest BCUT2D eigenvalue weighted by Crippen LogP contribution is 2.15. The summed E-state index contributed by atoms with van der Waals surface area (Å²) in [5.41, 5.74) is 0. The van der Waals surface area contributed by atoms with Crippen LogP contribution in [0.4, 0.5) is 0 Å². The Kier molecular flexibility index (Phi) is 17.8. The average molecular weight is 367 g/mol. The average Bonchev–Trinajstić information content (AvgIpc) is 2.60. The minimum absolute atomic E-state index is 0.492. The van der Waals surface area contributed by atoms with Crippen LogP contribution in [-0.4, -0.2) is 68.3 Å². The Morgan fingerprint density at radius 1 is 0.458 bits per heavy atom. The third kappa shape index (κ3) is 13.3. The van der Waals surface area contributed by atoms with Crippen LogP contribution in [0.15, 0.2) is 0 Å². The number of hydrogen-bond acceptors (Lipinski definition) is 6. The van der Waals surface area contributed by atoms with Gasteiger partial charge in [-0.25, -0.2) is 0 Å². The second-order valence-electron chi connectivity index (χ2n) is 5.42. The minimum atomic E-state index is -2.69. The molecule has 0 spiro atoms. The van der Waals surface area contributed by atoms with E-state index in [1.807, 2.05) is 6.92 Å². The van der Waals surface area contributed by atoms with E-state index >= 15 is 0 Å². The van der Waals surface area contributed by atoms with E-state index in [2.05, 4.69) is 20.8 Å². The third-order valence-electron chi connectivity index (χ3n) is 3.13. The molecule has 0 heterocycles. The molecule has 0 N–H and O–H groups in total. The molecule has 0 fully saturated rings. The predicted molar refractivity (Wildman–Crippen MR) is 97.4 cm³/mol. The first-order valence-electron chi connectivity index (χ1n) is 9.39. The van der Waals surface area contributed by atoms with Gasteiger partial charge in [0.25, 0.3) is 0 Å². The van der Waals surface area contributed by atoms with Crippen LogP contribution < -0.4 is 0 Å². The van der Waals surface area contributed by atoms with Gasteiger partial charge in [0.05, 0.1) is 39.6 Å². The molecule has 0 unspecified atom stereocenters. The van der Waals surface area contributed by atoms with Crippen LogP contribution in [0.2, 0.25) is 6.04 Å². The molecule has 146 valence electrons. The molecule has 0 aliphatic heterocycles. The fraction of sp³-hybridized carbons (Fsp3) is 1.00. The Balaban J connectivity index is 4.23. The summed E-state index contributed by atoms with van der Waals surface area (Å²) in [5.74, 6) is 0. The fourth-order valence-electron chi connectivity index (χ4n) is 1.94. The van der Waals surface area contributed by atoms with Gasteiger partial charge in [-0.1, -0.05) is 27.7 Å². The lowest BCUT2D eigenvalue weighted by Gasteiger charge is -2.28. The topological polar surface area (TPSA) is 55.4 Å². The maximum atomic E-state index is 6.00. The quantitative estimate of drug-likeness (QED) is 0.258. The van der Waals surface area contributed by atoms with Gasteiger partial charge >= 0.3 is 8.80 Å². The van der Waals surface area contributed by atoms with Gasteiger partial charge in [-0.3, -0.25) is 0 Å². The van der Waals surface area contributed by atoms with E-state index in [0.29, 0.717) is 39.6 Å². The van der Waals surface area contributed by atoms with Crippen molar-refractivity contribution in [3.63, 3.8) is 0 Å². The molecule has 7 heteroatoms. The minimum Gasteiger partial charge on any atom is -0.379 e. The Hall–Kier alpha value is -0.0231. The SMILES string of the molecule is CCCOCCO[Si](CC)(OCCOCCC)OCCOCCC. The first kappa shape index (κ1) is 24.0. The molecule has 0 aromatic rings. The highest BCUT2D eigenvalue weighted by atomic mass is 28.4. The van der Waals surface area contributed by atoms with E-state index in [0.717, 1.165) is 45.1 Å². The van der Waals surface area contributed by atoms with Gasteiger partial charge < -0.3 is 27.5 Å².